The van der Waals surface area contributed by atoms with Crippen molar-refractivity contribution in [2.75, 3.05) is 26.2 Å². The highest BCUT2D eigenvalue weighted by molar-refractivity contribution is 5.09. The predicted octanol–water partition coefficient (Wildman–Crippen LogP) is 2.48. The zero-order valence-corrected chi connectivity index (χ0v) is 12.1. The summed E-state index contributed by atoms with van der Waals surface area (Å²) < 4.78 is 0. The van der Waals surface area contributed by atoms with E-state index in [4.69, 9.17) is 0 Å². The van der Waals surface area contributed by atoms with Gasteiger partial charge >= 0.3 is 0 Å². The third-order valence-corrected chi connectivity index (χ3v) is 4.08. The minimum atomic E-state index is 0.797. The maximum atomic E-state index is 4.04. The second-order valence-electron chi connectivity index (χ2n) is 5.59. The highest BCUT2D eigenvalue weighted by Crippen LogP contribution is 2.15. The summed E-state index contributed by atoms with van der Waals surface area (Å²) in [4.78, 5) is 6.68. The molecular weight excluding hydrogens is 234 g/mol. The Morgan fingerprint density at radius 1 is 1.26 bits per heavy atom. The van der Waals surface area contributed by atoms with Crippen LogP contribution in [0.2, 0.25) is 0 Å². The van der Waals surface area contributed by atoms with Crippen molar-refractivity contribution in [3.05, 3.63) is 30.1 Å². The number of hydrogen-bond acceptors (Lipinski definition) is 3. The van der Waals surface area contributed by atoms with Crippen molar-refractivity contribution in [3.8, 4) is 0 Å². The highest BCUT2D eigenvalue weighted by Gasteiger charge is 2.16. The van der Waals surface area contributed by atoms with Crippen LogP contribution in [0, 0.1) is 0 Å². The molecule has 2 rings (SSSR count). The first-order valence-electron chi connectivity index (χ1n) is 7.70. The summed E-state index contributed by atoms with van der Waals surface area (Å²) in [7, 11) is 0. The molecule has 1 atom stereocenters. The van der Waals surface area contributed by atoms with Crippen LogP contribution in [0.15, 0.2) is 24.5 Å². The van der Waals surface area contributed by atoms with Gasteiger partial charge in [-0.05, 0) is 76.5 Å². The van der Waals surface area contributed by atoms with E-state index in [2.05, 4.69) is 34.3 Å². The summed E-state index contributed by atoms with van der Waals surface area (Å²) in [5, 5.41) is 3.54. The third kappa shape index (κ3) is 5.29. The van der Waals surface area contributed by atoms with Gasteiger partial charge in [-0.1, -0.05) is 6.42 Å². The van der Waals surface area contributed by atoms with E-state index < -0.39 is 0 Å². The van der Waals surface area contributed by atoms with E-state index in [0.717, 1.165) is 25.6 Å². The molecule has 0 bridgehead atoms. The van der Waals surface area contributed by atoms with E-state index in [1.807, 2.05) is 12.4 Å². The number of nitrogens with zero attached hydrogens (tertiary/aromatic N) is 2. The van der Waals surface area contributed by atoms with Crippen molar-refractivity contribution in [3.63, 3.8) is 0 Å². The maximum absolute atomic E-state index is 4.04. The van der Waals surface area contributed by atoms with Gasteiger partial charge in [-0.3, -0.25) is 4.98 Å². The van der Waals surface area contributed by atoms with E-state index in [1.54, 1.807) is 0 Å². The van der Waals surface area contributed by atoms with Crippen LogP contribution in [-0.2, 0) is 6.42 Å². The molecule has 1 fully saturated rings. The molecule has 1 N–H and O–H groups in total. The molecule has 1 aliphatic heterocycles. The molecule has 2 heterocycles. The lowest BCUT2D eigenvalue weighted by Gasteiger charge is -2.33. The first-order valence-corrected chi connectivity index (χ1v) is 7.70. The smallest absolute Gasteiger partial charge is 0.0270 e. The molecule has 0 radical (unpaired) electrons. The fraction of sp³-hybridized carbons (Fsp3) is 0.688. The van der Waals surface area contributed by atoms with Crippen LogP contribution in [0.3, 0.4) is 0 Å². The molecule has 1 aromatic heterocycles. The Morgan fingerprint density at radius 2 is 2.11 bits per heavy atom. The van der Waals surface area contributed by atoms with Crippen molar-refractivity contribution in [2.45, 2.75) is 45.1 Å². The summed E-state index contributed by atoms with van der Waals surface area (Å²) in [6.45, 7) is 7.13. The highest BCUT2D eigenvalue weighted by atomic mass is 15.2. The monoisotopic (exact) mass is 261 g/mol. The van der Waals surface area contributed by atoms with Crippen LogP contribution in [0.5, 0.6) is 0 Å². The van der Waals surface area contributed by atoms with Crippen molar-refractivity contribution in [2.24, 2.45) is 0 Å². The summed E-state index contributed by atoms with van der Waals surface area (Å²) in [5.41, 5.74) is 1.37. The molecule has 0 aromatic carbocycles. The third-order valence-electron chi connectivity index (χ3n) is 4.08. The van der Waals surface area contributed by atoms with E-state index in [1.165, 1.54) is 44.3 Å². The van der Waals surface area contributed by atoms with Crippen LogP contribution in [0.25, 0.3) is 0 Å². The van der Waals surface area contributed by atoms with E-state index >= 15 is 0 Å². The molecule has 19 heavy (non-hydrogen) atoms. The zero-order chi connectivity index (χ0) is 13.3. The van der Waals surface area contributed by atoms with Crippen LogP contribution < -0.4 is 5.32 Å². The van der Waals surface area contributed by atoms with E-state index in [-0.39, 0.29) is 0 Å². The van der Waals surface area contributed by atoms with Crippen molar-refractivity contribution >= 4 is 0 Å². The summed E-state index contributed by atoms with van der Waals surface area (Å²) in [5.74, 6) is 0. The Balaban J connectivity index is 1.50. The molecule has 0 amide bonds. The number of nitrogens with one attached hydrogen (secondary N) is 1. The van der Waals surface area contributed by atoms with Gasteiger partial charge in [0.25, 0.3) is 0 Å². The van der Waals surface area contributed by atoms with Crippen molar-refractivity contribution in [1.29, 1.82) is 0 Å². The van der Waals surface area contributed by atoms with Gasteiger partial charge in [-0.2, -0.15) is 0 Å². The van der Waals surface area contributed by atoms with Gasteiger partial charge in [0.1, 0.15) is 0 Å². The standard InChI is InChI=1S/C16H27N3/c1-15-5-2-3-13-19(15)14-4-9-17-10-6-16-7-11-18-12-8-16/h7-8,11-12,15,17H,2-6,9-10,13-14H2,1H3. The fourth-order valence-corrected chi connectivity index (χ4v) is 2.80. The molecule has 1 aromatic rings. The van der Waals surface area contributed by atoms with Gasteiger partial charge in [0.05, 0.1) is 0 Å². The summed E-state index contributed by atoms with van der Waals surface area (Å²) in [6, 6.07) is 4.99. The Hall–Kier alpha value is -0.930. The van der Waals surface area contributed by atoms with Gasteiger partial charge in [0.2, 0.25) is 0 Å². The number of pyridine rings is 1. The Bertz CT molecular complexity index is 339. The number of aromatic nitrogens is 1. The molecule has 1 unspecified atom stereocenters. The largest absolute Gasteiger partial charge is 0.316 e. The van der Waals surface area contributed by atoms with Crippen molar-refractivity contribution in [1.82, 2.24) is 15.2 Å². The topological polar surface area (TPSA) is 28.2 Å². The maximum Gasteiger partial charge on any atom is 0.0270 e. The SMILES string of the molecule is CC1CCCCN1CCCNCCc1ccncc1. The average Bonchev–Trinajstić information content (AvgIpc) is 2.45. The number of hydrogen-bond donors (Lipinski definition) is 1. The predicted molar refractivity (Wildman–Crippen MR) is 80.3 cm³/mol. The number of rotatable bonds is 7. The van der Waals surface area contributed by atoms with E-state index in [9.17, 15) is 0 Å². The normalized spacial score (nSPS) is 20.6. The Kier molecular flexibility index (Phi) is 6.31. The van der Waals surface area contributed by atoms with Crippen molar-refractivity contribution < 1.29 is 0 Å². The minimum Gasteiger partial charge on any atom is -0.316 e. The molecule has 3 nitrogen and oxygen atoms in total. The lowest BCUT2D eigenvalue weighted by atomic mass is 10.0. The number of piperidine rings is 1. The number of likely N-dealkylation sites (tertiary alicyclic amines) is 1. The van der Waals surface area contributed by atoms with Crippen LogP contribution >= 0.6 is 0 Å². The summed E-state index contributed by atoms with van der Waals surface area (Å²) in [6.07, 6.45) is 10.3. The van der Waals surface area contributed by atoms with Gasteiger partial charge < -0.3 is 10.2 Å². The molecule has 0 spiro atoms. The van der Waals surface area contributed by atoms with Crippen LogP contribution in [0.1, 0.15) is 38.2 Å². The zero-order valence-electron chi connectivity index (χ0n) is 12.1. The van der Waals surface area contributed by atoms with Gasteiger partial charge in [0.15, 0.2) is 0 Å². The molecule has 106 valence electrons. The second-order valence-corrected chi connectivity index (χ2v) is 5.59. The van der Waals surface area contributed by atoms with Crippen LogP contribution in [0.4, 0.5) is 0 Å². The summed E-state index contributed by atoms with van der Waals surface area (Å²) >= 11 is 0. The lowest BCUT2D eigenvalue weighted by Crippen LogP contribution is -2.39. The first kappa shape index (κ1) is 14.5. The lowest BCUT2D eigenvalue weighted by molar-refractivity contribution is 0.159. The minimum absolute atomic E-state index is 0.797. The molecule has 0 saturated carbocycles. The Labute approximate surface area is 117 Å². The second kappa shape index (κ2) is 8.28. The molecular formula is C16H27N3. The first-order chi connectivity index (χ1) is 9.36. The quantitative estimate of drug-likeness (QED) is 0.764. The Morgan fingerprint density at radius 3 is 2.89 bits per heavy atom. The average molecular weight is 261 g/mol. The molecule has 1 saturated heterocycles. The molecule has 3 heteroatoms. The molecule has 1 aliphatic rings. The van der Waals surface area contributed by atoms with Gasteiger partial charge in [-0.15, -0.1) is 0 Å². The van der Waals surface area contributed by atoms with Gasteiger partial charge in [0, 0.05) is 18.4 Å². The molecule has 0 aliphatic carbocycles. The van der Waals surface area contributed by atoms with E-state index in [0.29, 0.717) is 0 Å². The fourth-order valence-electron chi connectivity index (χ4n) is 2.80. The van der Waals surface area contributed by atoms with Crippen LogP contribution in [-0.4, -0.2) is 42.1 Å². The van der Waals surface area contributed by atoms with Gasteiger partial charge in [-0.25, -0.2) is 0 Å².